The van der Waals surface area contributed by atoms with Gasteiger partial charge in [0.25, 0.3) is 0 Å². The zero-order valence-electron chi connectivity index (χ0n) is 8.61. The van der Waals surface area contributed by atoms with Crippen LogP contribution in [-0.2, 0) is 6.54 Å². The molecule has 1 aromatic rings. The van der Waals surface area contributed by atoms with E-state index in [0.717, 1.165) is 19.6 Å². The fourth-order valence-corrected chi connectivity index (χ4v) is 1.38. The summed E-state index contributed by atoms with van der Waals surface area (Å²) in [5.41, 5.74) is 1.32. The van der Waals surface area contributed by atoms with Gasteiger partial charge in [0.05, 0.1) is 6.54 Å². The molecule has 0 spiro atoms. The van der Waals surface area contributed by atoms with Crippen LogP contribution in [0.15, 0.2) is 30.3 Å². The SMILES string of the molecule is [C-]#[N+]CCN(CC)Cc1ccccc1. The molecule has 2 nitrogen and oxygen atoms in total. The summed E-state index contributed by atoms with van der Waals surface area (Å²) in [5.74, 6) is 0. The van der Waals surface area contributed by atoms with Gasteiger partial charge in [-0.3, -0.25) is 4.90 Å². The molecule has 0 amide bonds. The van der Waals surface area contributed by atoms with Crippen molar-refractivity contribution in [3.63, 3.8) is 0 Å². The number of hydrogen-bond acceptors (Lipinski definition) is 1. The third-order valence-corrected chi connectivity index (χ3v) is 2.22. The fourth-order valence-electron chi connectivity index (χ4n) is 1.38. The molecule has 1 aromatic carbocycles. The molecule has 14 heavy (non-hydrogen) atoms. The predicted molar refractivity (Wildman–Crippen MR) is 58.9 cm³/mol. The van der Waals surface area contributed by atoms with Gasteiger partial charge in [-0.25, -0.2) is 6.57 Å². The number of rotatable bonds is 5. The van der Waals surface area contributed by atoms with Gasteiger partial charge in [-0.2, -0.15) is 0 Å². The van der Waals surface area contributed by atoms with Crippen LogP contribution < -0.4 is 0 Å². The molecule has 0 aromatic heterocycles. The molecule has 0 unspecified atom stereocenters. The van der Waals surface area contributed by atoms with E-state index < -0.39 is 0 Å². The molecule has 0 fully saturated rings. The summed E-state index contributed by atoms with van der Waals surface area (Å²) in [6.45, 7) is 12.3. The van der Waals surface area contributed by atoms with Crippen LogP contribution in [0.3, 0.4) is 0 Å². The van der Waals surface area contributed by atoms with E-state index in [2.05, 4.69) is 40.9 Å². The van der Waals surface area contributed by atoms with E-state index in [0.29, 0.717) is 6.54 Å². The minimum absolute atomic E-state index is 0.598. The highest BCUT2D eigenvalue weighted by atomic mass is 15.1. The first-order valence-corrected chi connectivity index (χ1v) is 4.96. The zero-order valence-corrected chi connectivity index (χ0v) is 8.61. The number of hydrogen-bond donors (Lipinski definition) is 0. The van der Waals surface area contributed by atoms with E-state index in [1.54, 1.807) is 0 Å². The van der Waals surface area contributed by atoms with E-state index in [-0.39, 0.29) is 0 Å². The van der Waals surface area contributed by atoms with Crippen molar-refractivity contribution in [2.75, 3.05) is 19.6 Å². The Morgan fingerprint density at radius 1 is 1.29 bits per heavy atom. The first-order valence-electron chi connectivity index (χ1n) is 4.96. The van der Waals surface area contributed by atoms with Crippen molar-refractivity contribution in [2.45, 2.75) is 13.5 Å². The number of benzene rings is 1. The predicted octanol–water partition coefficient (Wildman–Crippen LogP) is 2.43. The first-order chi connectivity index (χ1) is 6.86. The molecule has 0 aliphatic rings. The summed E-state index contributed by atoms with van der Waals surface area (Å²) in [4.78, 5) is 5.66. The smallest absolute Gasteiger partial charge is 0.227 e. The molecular weight excluding hydrogens is 172 g/mol. The van der Waals surface area contributed by atoms with Gasteiger partial charge in [-0.1, -0.05) is 37.3 Å². The summed E-state index contributed by atoms with van der Waals surface area (Å²) >= 11 is 0. The van der Waals surface area contributed by atoms with E-state index in [4.69, 9.17) is 6.57 Å². The van der Waals surface area contributed by atoms with Gasteiger partial charge >= 0.3 is 0 Å². The van der Waals surface area contributed by atoms with Crippen molar-refractivity contribution in [1.82, 2.24) is 4.90 Å². The Bertz CT molecular complexity index is 287. The molecule has 0 aliphatic heterocycles. The highest BCUT2D eigenvalue weighted by Crippen LogP contribution is 2.03. The lowest BCUT2D eigenvalue weighted by Crippen LogP contribution is -2.25. The monoisotopic (exact) mass is 188 g/mol. The molecule has 0 aliphatic carbocycles. The van der Waals surface area contributed by atoms with Crippen LogP contribution in [0, 0.1) is 6.57 Å². The van der Waals surface area contributed by atoms with E-state index in [1.807, 2.05) is 6.07 Å². The first kappa shape index (κ1) is 10.7. The quantitative estimate of drug-likeness (QED) is 0.644. The van der Waals surface area contributed by atoms with Crippen molar-refractivity contribution in [2.24, 2.45) is 0 Å². The van der Waals surface area contributed by atoms with E-state index in [9.17, 15) is 0 Å². The highest BCUT2D eigenvalue weighted by Gasteiger charge is 2.03. The molecule has 0 bridgehead atoms. The maximum atomic E-state index is 6.75. The molecule has 74 valence electrons. The second-order valence-corrected chi connectivity index (χ2v) is 3.24. The molecular formula is C12H16N2. The van der Waals surface area contributed by atoms with Gasteiger partial charge in [0.2, 0.25) is 6.54 Å². The van der Waals surface area contributed by atoms with Crippen LogP contribution in [0.1, 0.15) is 12.5 Å². The molecule has 0 N–H and O–H groups in total. The Morgan fingerprint density at radius 3 is 2.57 bits per heavy atom. The Kier molecular flexibility index (Phi) is 4.74. The standard InChI is InChI=1S/C12H16N2/c1-3-14(10-9-13-2)11-12-7-5-4-6-8-12/h4-8H,3,9-11H2,1H3. The second kappa shape index (κ2) is 6.17. The van der Waals surface area contributed by atoms with E-state index in [1.165, 1.54) is 5.56 Å². The summed E-state index contributed by atoms with van der Waals surface area (Å²) < 4.78 is 0. The van der Waals surface area contributed by atoms with Gasteiger partial charge in [-0.15, -0.1) is 0 Å². The van der Waals surface area contributed by atoms with Gasteiger partial charge in [0.1, 0.15) is 0 Å². The number of likely N-dealkylation sites (N-methyl/N-ethyl adjacent to an activating group) is 1. The van der Waals surface area contributed by atoms with Gasteiger partial charge in [0.15, 0.2) is 0 Å². The van der Waals surface area contributed by atoms with Gasteiger partial charge < -0.3 is 4.85 Å². The lowest BCUT2D eigenvalue weighted by molar-refractivity contribution is 0.293. The Hall–Kier alpha value is -1.33. The summed E-state index contributed by atoms with van der Waals surface area (Å²) in [6, 6.07) is 10.4. The molecule has 0 heterocycles. The van der Waals surface area contributed by atoms with Crippen LogP contribution in [0.4, 0.5) is 0 Å². The van der Waals surface area contributed by atoms with Crippen molar-refractivity contribution >= 4 is 0 Å². The van der Waals surface area contributed by atoms with Gasteiger partial charge in [-0.05, 0) is 12.1 Å². The lowest BCUT2D eigenvalue weighted by atomic mass is 10.2. The van der Waals surface area contributed by atoms with Crippen LogP contribution in [0.25, 0.3) is 4.85 Å². The van der Waals surface area contributed by atoms with Gasteiger partial charge in [0, 0.05) is 6.54 Å². The summed E-state index contributed by atoms with van der Waals surface area (Å²) in [5, 5.41) is 0. The topological polar surface area (TPSA) is 7.60 Å². The molecule has 0 saturated carbocycles. The minimum Gasteiger partial charge on any atom is -0.316 e. The van der Waals surface area contributed by atoms with Crippen molar-refractivity contribution < 1.29 is 0 Å². The molecule has 2 heteroatoms. The Morgan fingerprint density at radius 2 is 2.00 bits per heavy atom. The summed E-state index contributed by atoms with van der Waals surface area (Å²) in [7, 11) is 0. The fraction of sp³-hybridized carbons (Fsp3) is 0.417. The second-order valence-electron chi connectivity index (χ2n) is 3.24. The molecule has 0 saturated heterocycles. The van der Waals surface area contributed by atoms with Crippen LogP contribution in [0.2, 0.25) is 0 Å². The average molecular weight is 188 g/mol. The maximum Gasteiger partial charge on any atom is 0.227 e. The van der Waals surface area contributed by atoms with Crippen LogP contribution >= 0.6 is 0 Å². The van der Waals surface area contributed by atoms with E-state index >= 15 is 0 Å². The number of nitrogens with zero attached hydrogens (tertiary/aromatic N) is 2. The van der Waals surface area contributed by atoms with Crippen molar-refractivity contribution in [3.8, 4) is 0 Å². The van der Waals surface area contributed by atoms with Crippen molar-refractivity contribution in [1.29, 1.82) is 0 Å². The zero-order chi connectivity index (χ0) is 10.2. The average Bonchev–Trinajstić information content (AvgIpc) is 2.25. The highest BCUT2D eigenvalue weighted by molar-refractivity contribution is 5.14. The Balaban J connectivity index is 2.45. The summed E-state index contributed by atoms with van der Waals surface area (Å²) in [6.07, 6.45) is 0. The normalized spacial score (nSPS) is 10.1. The molecule has 1 rings (SSSR count). The largest absolute Gasteiger partial charge is 0.316 e. The van der Waals surface area contributed by atoms with Crippen LogP contribution in [-0.4, -0.2) is 24.5 Å². The Labute approximate surface area is 86.0 Å². The minimum atomic E-state index is 0.598. The van der Waals surface area contributed by atoms with Crippen LogP contribution in [0.5, 0.6) is 0 Å². The third-order valence-electron chi connectivity index (χ3n) is 2.22. The molecule has 0 radical (unpaired) electrons. The third kappa shape index (κ3) is 3.59. The molecule has 0 atom stereocenters. The maximum absolute atomic E-state index is 6.75. The van der Waals surface area contributed by atoms with Crippen molar-refractivity contribution in [3.05, 3.63) is 47.3 Å². The lowest BCUT2D eigenvalue weighted by Gasteiger charge is -2.17.